The Morgan fingerprint density at radius 3 is 3.12 bits per heavy atom. The smallest absolute Gasteiger partial charge is 0.127 e. The average molecular weight is 230 g/mol. The normalized spacial score (nSPS) is 20.4. The van der Waals surface area contributed by atoms with Crippen LogP contribution in [0, 0.1) is 18.3 Å². The van der Waals surface area contributed by atoms with Gasteiger partial charge >= 0.3 is 0 Å². The molecule has 2 rings (SSSR count). The Labute approximate surface area is 102 Å². The van der Waals surface area contributed by atoms with Crippen LogP contribution in [0.15, 0.2) is 12.1 Å². The van der Waals surface area contributed by atoms with Gasteiger partial charge in [0.15, 0.2) is 0 Å². The lowest BCUT2D eigenvalue weighted by Crippen LogP contribution is -2.22. The molecule has 0 amide bonds. The molecule has 1 aliphatic rings. The number of aryl methyl sites for hydroxylation is 1. The van der Waals surface area contributed by atoms with Crippen molar-refractivity contribution in [3.8, 4) is 6.07 Å². The summed E-state index contributed by atoms with van der Waals surface area (Å²) in [6.45, 7) is 4.07. The molecular weight excluding hydrogens is 212 g/mol. The van der Waals surface area contributed by atoms with Crippen LogP contribution in [0.5, 0.6) is 0 Å². The Hall–Kier alpha value is -1.60. The summed E-state index contributed by atoms with van der Waals surface area (Å²) in [6, 6.07) is 6.26. The topological polar surface area (TPSA) is 60.7 Å². The fourth-order valence-electron chi connectivity index (χ4n) is 2.18. The van der Waals surface area contributed by atoms with Crippen molar-refractivity contribution in [1.82, 2.24) is 10.3 Å². The number of nitriles is 1. The first kappa shape index (κ1) is 11.9. The fraction of sp³-hybridized carbons (Fsp3) is 0.538. The van der Waals surface area contributed by atoms with Gasteiger partial charge in [0.05, 0.1) is 11.6 Å². The van der Waals surface area contributed by atoms with E-state index in [-0.39, 0.29) is 0 Å². The first-order valence-corrected chi connectivity index (χ1v) is 6.14. The van der Waals surface area contributed by atoms with Gasteiger partial charge in [-0.1, -0.05) is 0 Å². The molecular formula is C13H18N4. The van der Waals surface area contributed by atoms with Crippen LogP contribution in [0.2, 0.25) is 0 Å². The van der Waals surface area contributed by atoms with E-state index in [9.17, 15) is 0 Å². The first-order chi connectivity index (χ1) is 8.28. The van der Waals surface area contributed by atoms with Crippen LogP contribution in [-0.4, -0.2) is 24.1 Å². The zero-order valence-electron chi connectivity index (χ0n) is 10.2. The molecule has 0 aliphatic carbocycles. The SMILES string of the molecule is Cc1cc(C#N)cc(NC2CCCNCC2)n1. The zero-order valence-corrected chi connectivity index (χ0v) is 10.2. The summed E-state index contributed by atoms with van der Waals surface area (Å²) in [6.07, 6.45) is 3.45. The van der Waals surface area contributed by atoms with Crippen LogP contribution >= 0.6 is 0 Å². The molecule has 1 atom stereocenters. The molecule has 0 aromatic carbocycles. The third-order valence-corrected chi connectivity index (χ3v) is 3.01. The first-order valence-electron chi connectivity index (χ1n) is 6.14. The number of anilines is 1. The standard InChI is InChI=1S/C13H18N4/c1-10-7-11(9-14)8-13(16-10)17-12-3-2-5-15-6-4-12/h7-8,12,15H,2-6H2,1H3,(H,16,17). The van der Waals surface area contributed by atoms with Crippen LogP contribution in [0.25, 0.3) is 0 Å². The third-order valence-electron chi connectivity index (χ3n) is 3.01. The van der Waals surface area contributed by atoms with E-state index >= 15 is 0 Å². The molecule has 1 saturated heterocycles. The van der Waals surface area contributed by atoms with Gasteiger partial charge in [-0.15, -0.1) is 0 Å². The number of hydrogen-bond donors (Lipinski definition) is 2. The van der Waals surface area contributed by atoms with E-state index in [2.05, 4.69) is 21.7 Å². The molecule has 1 unspecified atom stereocenters. The molecule has 90 valence electrons. The van der Waals surface area contributed by atoms with Gasteiger partial charge in [0, 0.05) is 11.7 Å². The van der Waals surface area contributed by atoms with Crippen LogP contribution < -0.4 is 10.6 Å². The molecule has 0 spiro atoms. The maximum Gasteiger partial charge on any atom is 0.127 e. The Kier molecular flexibility index (Phi) is 3.94. The lowest BCUT2D eigenvalue weighted by molar-refractivity contribution is 0.635. The third kappa shape index (κ3) is 3.43. The minimum absolute atomic E-state index is 0.464. The highest BCUT2D eigenvalue weighted by molar-refractivity contribution is 5.44. The number of nitrogens with zero attached hydrogens (tertiary/aromatic N) is 2. The Morgan fingerprint density at radius 1 is 1.41 bits per heavy atom. The van der Waals surface area contributed by atoms with Crippen LogP contribution in [0.3, 0.4) is 0 Å². The van der Waals surface area contributed by atoms with Crippen molar-refractivity contribution >= 4 is 5.82 Å². The van der Waals surface area contributed by atoms with Gasteiger partial charge < -0.3 is 10.6 Å². The monoisotopic (exact) mass is 230 g/mol. The van der Waals surface area contributed by atoms with Gasteiger partial charge in [-0.25, -0.2) is 4.98 Å². The van der Waals surface area contributed by atoms with Crippen molar-refractivity contribution in [2.75, 3.05) is 18.4 Å². The van der Waals surface area contributed by atoms with E-state index < -0.39 is 0 Å². The molecule has 0 saturated carbocycles. The summed E-state index contributed by atoms with van der Waals surface area (Å²) in [5.74, 6) is 0.827. The average Bonchev–Trinajstić information content (AvgIpc) is 2.57. The zero-order chi connectivity index (χ0) is 12.1. The molecule has 2 N–H and O–H groups in total. The minimum Gasteiger partial charge on any atom is -0.367 e. The maximum atomic E-state index is 8.92. The second kappa shape index (κ2) is 5.65. The summed E-state index contributed by atoms with van der Waals surface area (Å²) < 4.78 is 0. The van der Waals surface area contributed by atoms with Gasteiger partial charge in [0.2, 0.25) is 0 Å². The fourth-order valence-corrected chi connectivity index (χ4v) is 2.18. The summed E-state index contributed by atoms with van der Waals surface area (Å²) in [5, 5.41) is 15.7. The predicted octanol–water partition coefficient (Wildman–Crippen LogP) is 1.82. The maximum absolute atomic E-state index is 8.92. The molecule has 1 aromatic heterocycles. The summed E-state index contributed by atoms with van der Waals surface area (Å²) >= 11 is 0. The highest BCUT2D eigenvalue weighted by Gasteiger charge is 2.12. The van der Waals surface area contributed by atoms with Crippen LogP contribution in [0.4, 0.5) is 5.82 Å². The van der Waals surface area contributed by atoms with Gasteiger partial charge in [-0.3, -0.25) is 0 Å². The Morgan fingerprint density at radius 2 is 2.29 bits per heavy atom. The summed E-state index contributed by atoms with van der Waals surface area (Å²) in [4.78, 5) is 4.42. The van der Waals surface area contributed by atoms with Crippen LogP contribution in [0.1, 0.15) is 30.5 Å². The van der Waals surface area contributed by atoms with Gasteiger partial charge in [-0.2, -0.15) is 5.26 Å². The van der Waals surface area contributed by atoms with E-state index in [1.807, 2.05) is 13.0 Å². The molecule has 1 fully saturated rings. The molecule has 0 radical (unpaired) electrons. The highest BCUT2D eigenvalue weighted by atomic mass is 15.0. The van der Waals surface area contributed by atoms with Crippen LogP contribution in [-0.2, 0) is 0 Å². The lowest BCUT2D eigenvalue weighted by atomic mass is 10.1. The van der Waals surface area contributed by atoms with Crippen molar-refractivity contribution in [2.24, 2.45) is 0 Å². The molecule has 17 heavy (non-hydrogen) atoms. The molecule has 4 heteroatoms. The molecule has 1 aliphatic heterocycles. The second-order valence-electron chi connectivity index (χ2n) is 4.52. The van der Waals surface area contributed by atoms with Gasteiger partial charge in [0.25, 0.3) is 0 Å². The molecule has 4 nitrogen and oxygen atoms in total. The highest BCUT2D eigenvalue weighted by Crippen LogP contribution is 2.14. The molecule has 0 bridgehead atoms. The van der Waals surface area contributed by atoms with Crippen molar-refractivity contribution < 1.29 is 0 Å². The number of hydrogen-bond acceptors (Lipinski definition) is 4. The number of rotatable bonds is 2. The van der Waals surface area contributed by atoms with E-state index in [1.54, 1.807) is 6.07 Å². The van der Waals surface area contributed by atoms with E-state index in [4.69, 9.17) is 5.26 Å². The van der Waals surface area contributed by atoms with Crippen molar-refractivity contribution in [2.45, 2.75) is 32.2 Å². The van der Waals surface area contributed by atoms with E-state index in [0.717, 1.165) is 37.4 Å². The second-order valence-corrected chi connectivity index (χ2v) is 4.52. The summed E-state index contributed by atoms with van der Waals surface area (Å²) in [5.41, 5.74) is 1.56. The van der Waals surface area contributed by atoms with Crippen molar-refractivity contribution in [3.63, 3.8) is 0 Å². The van der Waals surface area contributed by atoms with E-state index in [1.165, 1.54) is 6.42 Å². The number of nitrogens with one attached hydrogen (secondary N) is 2. The number of aromatic nitrogens is 1. The molecule has 1 aromatic rings. The lowest BCUT2D eigenvalue weighted by Gasteiger charge is -2.16. The summed E-state index contributed by atoms with van der Waals surface area (Å²) in [7, 11) is 0. The number of pyridine rings is 1. The van der Waals surface area contributed by atoms with Crippen molar-refractivity contribution in [1.29, 1.82) is 5.26 Å². The largest absolute Gasteiger partial charge is 0.367 e. The van der Waals surface area contributed by atoms with Gasteiger partial charge in [0.1, 0.15) is 5.82 Å². The Balaban J connectivity index is 2.06. The van der Waals surface area contributed by atoms with E-state index in [0.29, 0.717) is 11.6 Å². The molecule has 2 heterocycles. The quantitative estimate of drug-likeness (QED) is 0.813. The minimum atomic E-state index is 0.464. The predicted molar refractivity (Wildman–Crippen MR) is 67.8 cm³/mol. The Bertz CT molecular complexity index is 414. The van der Waals surface area contributed by atoms with Crippen molar-refractivity contribution in [3.05, 3.63) is 23.4 Å². The van der Waals surface area contributed by atoms with Gasteiger partial charge in [-0.05, 0) is 51.4 Å².